The van der Waals surface area contributed by atoms with E-state index in [9.17, 15) is 9.90 Å². The Hall–Kier alpha value is -0.650. The number of halogens is 1. The number of carbonyl (C=O) groups is 1. The van der Waals surface area contributed by atoms with Gasteiger partial charge in [-0.1, -0.05) is 0 Å². The Bertz CT molecular complexity index is 454. The van der Waals surface area contributed by atoms with Crippen molar-refractivity contribution in [3.63, 3.8) is 0 Å². The van der Waals surface area contributed by atoms with Crippen LogP contribution in [-0.2, 0) is 4.79 Å². The summed E-state index contributed by atoms with van der Waals surface area (Å²) >= 11 is 4.96. The van der Waals surface area contributed by atoms with E-state index in [0.29, 0.717) is 12.5 Å². The first kappa shape index (κ1) is 13.8. The minimum absolute atomic E-state index is 0.0702. The van der Waals surface area contributed by atoms with Gasteiger partial charge in [-0.2, -0.15) is 0 Å². The lowest BCUT2D eigenvalue weighted by Crippen LogP contribution is -2.34. The van der Waals surface area contributed by atoms with Crippen LogP contribution in [0.5, 0.6) is 0 Å². The van der Waals surface area contributed by atoms with E-state index in [1.807, 2.05) is 12.1 Å². The van der Waals surface area contributed by atoms with Crippen molar-refractivity contribution in [2.24, 2.45) is 5.92 Å². The number of aliphatic hydroxyl groups is 1. The van der Waals surface area contributed by atoms with Gasteiger partial charge in [-0.15, -0.1) is 11.3 Å². The van der Waals surface area contributed by atoms with Crippen LogP contribution in [0.3, 0.4) is 0 Å². The SMILES string of the molecule is CN(CC(O)C1CC1)C(=O)C=Cc1ccc(Br)s1. The largest absolute Gasteiger partial charge is 0.391 e. The van der Waals surface area contributed by atoms with Crippen molar-refractivity contribution in [1.82, 2.24) is 4.90 Å². The second-order valence-electron chi connectivity index (χ2n) is 4.60. The Morgan fingerprint density at radius 3 is 2.94 bits per heavy atom. The van der Waals surface area contributed by atoms with Gasteiger partial charge < -0.3 is 10.0 Å². The molecule has 98 valence electrons. The third-order valence-electron chi connectivity index (χ3n) is 2.99. The number of hydrogen-bond donors (Lipinski definition) is 1. The zero-order chi connectivity index (χ0) is 13.1. The molecule has 0 spiro atoms. The minimum Gasteiger partial charge on any atom is -0.391 e. The van der Waals surface area contributed by atoms with Crippen LogP contribution in [-0.4, -0.2) is 35.6 Å². The maximum atomic E-state index is 11.8. The van der Waals surface area contributed by atoms with Gasteiger partial charge in [0.1, 0.15) is 0 Å². The monoisotopic (exact) mass is 329 g/mol. The Morgan fingerprint density at radius 2 is 2.39 bits per heavy atom. The smallest absolute Gasteiger partial charge is 0.246 e. The number of likely N-dealkylation sites (N-methyl/N-ethyl adjacent to an activating group) is 1. The summed E-state index contributed by atoms with van der Waals surface area (Å²) in [5.41, 5.74) is 0. The van der Waals surface area contributed by atoms with Crippen LogP contribution in [0.15, 0.2) is 22.0 Å². The maximum Gasteiger partial charge on any atom is 0.246 e. The molecular formula is C13H16BrNO2S. The molecule has 1 atom stereocenters. The van der Waals surface area contributed by atoms with E-state index in [-0.39, 0.29) is 12.0 Å². The molecule has 1 aliphatic rings. The molecule has 1 aromatic rings. The highest BCUT2D eigenvalue weighted by Gasteiger charge is 2.30. The summed E-state index contributed by atoms with van der Waals surface area (Å²) in [5.74, 6) is 0.330. The van der Waals surface area contributed by atoms with Crippen molar-refractivity contribution >= 4 is 39.2 Å². The van der Waals surface area contributed by atoms with Gasteiger partial charge in [0.15, 0.2) is 0 Å². The second kappa shape index (κ2) is 5.99. The number of nitrogens with zero attached hydrogens (tertiary/aromatic N) is 1. The molecule has 1 N–H and O–H groups in total. The van der Waals surface area contributed by atoms with Crippen molar-refractivity contribution < 1.29 is 9.90 Å². The average Bonchev–Trinajstić information content (AvgIpc) is 3.10. The Balaban J connectivity index is 1.84. The van der Waals surface area contributed by atoms with Gasteiger partial charge in [0.2, 0.25) is 5.91 Å². The Labute approximate surface area is 119 Å². The Kier molecular flexibility index (Phi) is 4.59. The molecule has 1 unspecified atom stereocenters. The first-order valence-corrected chi connectivity index (χ1v) is 7.54. The first-order chi connectivity index (χ1) is 8.56. The highest BCUT2D eigenvalue weighted by molar-refractivity contribution is 9.11. The molecule has 18 heavy (non-hydrogen) atoms. The fourth-order valence-electron chi connectivity index (χ4n) is 1.70. The van der Waals surface area contributed by atoms with Gasteiger partial charge >= 0.3 is 0 Å². The number of carbonyl (C=O) groups excluding carboxylic acids is 1. The quantitative estimate of drug-likeness (QED) is 0.844. The average molecular weight is 330 g/mol. The summed E-state index contributed by atoms with van der Waals surface area (Å²) in [4.78, 5) is 14.4. The van der Waals surface area contributed by atoms with Gasteiger partial charge in [-0.25, -0.2) is 0 Å². The van der Waals surface area contributed by atoms with Crippen LogP contribution in [0.25, 0.3) is 6.08 Å². The molecule has 1 fully saturated rings. The summed E-state index contributed by atoms with van der Waals surface area (Å²) in [6, 6.07) is 3.91. The standard InChI is InChI=1S/C13H16BrNO2S/c1-15(8-11(16)9-2-3-9)13(17)7-5-10-4-6-12(14)18-10/h4-7,9,11,16H,2-3,8H2,1H3. The van der Waals surface area contributed by atoms with E-state index in [2.05, 4.69) is 15.9 Å². The highest BCUT2D eigenvalue weighted by atomic mass is 79.9. The van der Waals surface area contributed by atoms with E-state index in [0.717, 1.165) is 21.5 Å². The molecule has 1 heterocycles. The normalized spacial score (nSPS) is 17.1. The number of thiophene rings is 1. The molecule has 0 aliphatic heterocycles. The molecule has 0 radical (unpaired) electrons. The van der Waals surface area contributed by atoms with Crippen molar-refractivity contribution in [2.75, 3.05) is 13.6 Å². The Morgan fingerprint density at radius 1 is 1.67 bits per heavy atom. The first-order valence-electron chi connectivity index (χ1n) is 5.93. The van der Waals surface area contributed by atoms with Crippen molar-refractivity contribution in [3.8, 4) is 0 Å². The fourth-order valence-corrected chi connectivity index (χ4v) is 3.03. The molecule has 1 aromatic heterocycles. The molecule has 3 nitrogen and oxygen atoms in total. The lowest BCUT2D eigenvalue weighted by Gasteiger charge is -2.19. The predicted molar refractivity (Wildman–Crippen MR) is 77.4 cm³/mol. The van der Waals surface area contributed by atoms with Crippen LogP contribution in [0, 0.1) is 5.92 Å². The van der Waals surface area contributed by atoms with E-state index < -0.39 is 0 Å². The van der Waals surface area contributed by atoms with Crippen molar-refractivity contribution in [1.29, 1.82) is 0 Å². The van der Waals surface area contributed by atoms with E-state index in [1.54, 1.807) is 35.4 Å². The van der Waals surface area contributed by atoms with Crippen LogP contribution >= 0.6 is 27.3 Å². The number of amides is 1. The maximum absolute atomic E-state index is 11.8. The van der Waals surface area contributed by atoms with E-state index in [1.165, 1.54) is 0 Å². The zero-order valence-corrected chi connectivity index (χ0v) is 12.6. The van der Waals surface area contributed by atoms with Crippen molar-refractivity contribution in [2.45, 2.75) is 18.9 Å². The van der Waals surface area contributed by atoms with Gasteiger partial charge in [0, 0.05) is 24.5 Å². The molecule has 1 amide bonds. The number of rotatable bonds is 5. The van der Waals surface area contributed by atoms with Gasteiger partial charge in [0.05, 0.1) is 9.89 Å². The molecular weight excluding hydrogens is 314 g/mol. The topological polar surface area (TPSA) is 40.5 Å². The highest BCUT2D eigenvalue weighted by Crippen LogP contribution is 2.32. The fraction of sp³-hybridized carbons (Fsp3) is 0.462. The second-order valence-corrected chi connectivity index (χ2v) is 7.09. The molecule has 0 saturated heterocycles. The van der Waals surface area contributed by atoms with Crippen LogP contribution < -0.4 is 0 Å². The molecule has 0 bridgehead atoms. The summed E-state index contributed by atoms with van der Waals surface area (Å²) in [5, 5.41) is 9.77. The van der Waals surface area contributed by atoms with Gasteiger partial charge in [-0.3, -0.25) is 4.79 Å². The third-order valence-corrected chi connectivity index (χ3v) is 4.58. The van der Waals surface area contributed by atoms with Crippen LogP contribution in [0.4, 0.5) is 0 Å². The van der Waals surface area contributed by atoms with E-state index in [4.69, 9.17) is 0 Å². The summed E-state index contributed by atoms with van der Waals surface area (Å²) in [6.45, 7) is 0.419. The molecule has 2 rings (SSSR count). The summed E-state index contributed by atoms with van der Waals surface area (Å²) < 4.78 is 1.05. The number of hydrogen-bond acceptors (Lipinski definition) is 3. The molecule has 1 saturated carbocycles. The minimum atomic E-state index is -0.372. The zero-order valence-electron chi connectivity index (χ0n) is 10.2. The number of aliphatic hydroxyl groups excluding tert-OH is 1. The third kappa shape index (κ3) is 3.93. The van der Waals surface area contributed by atoms with Gasteiger partial charge in [0.25, 0.3) is 0 Å². The van der Waals surface area contributed by atoms with Crippen LogP contribution in [0.2, 0.25) is 0 Å². The molecule has 5 heteroatoms. The van der Waals surface area contributed by atoms with E-state index >= 15 is 0 Å². The summed E-state index contributed by atoms with van der Waals surface area (Å²) in [6.07, 6.45) is 5.16. The molecule has 1 aliphatic carbocycles. The van der Waals surface area contributed by atoms with Crippen molar-refractivity contribution in [3.05, 3.63) is 26.9 Å². The summed E-state index contributed by atoms with van der Waals surface area (Å²) in [7, 11) is 1.72. The lowest BCUT2D eigenvalue weighted by atomic mass is 10.2. The molecule has 0 aromatic carbocycles. The van der Waals surface area contributed by atoms with Crippen LogP contribution in [0.1, 0.15) is 17.7 Å². The van der Waals surface area contributed by atoms with Gasteiger partial charge in [-0.05, 0) is 52.9 Å². The lowest BCUT2D eigenvalue weighted by molar-refractivity contribution is -0.126. The predicted octanol–water partition coefficient (Wildman–Crippen LogP) is 2.75.